The van der Waals surface area contributed by atoms with Crippen molar-refractivity contribution in [2.75, 3.05) is 0 Å². The number of benzene rings is 1. The average Bonchev–Trinajstić information content (AvgIpc) is 2.88. The molecule has 1 unspecified atom stereocenters. The number of carbonyl (C=O) groups is 1. The van der Waals surface area contributed by atoms with Crippen LogP contribution in [0, 0.1) is 0 Å². The minimum atomic E-state index is -0.226. The molecule has 0 aliphatic heterocycles. The van der Waals surface area contributed by atoms with E-state index in [0.717, 1.165) is 37.7 Å². The predicted molar refractivity (Wildman–Crippen MR) is 89.6 cm³/mol. The number of aryl methyl sites for hydroxylation is 1. The topological polar surface area (TPSA) is 62.5 Å². The molecule has 2 N–H and O–H groups in total. The first-order valence-corrected chi connectivity index (χ1v) is 8.93. The van der Waals surface area contributed by atoms with E-state index in [1.165, 1.54) is 11.1 Å². The zero-order valence-electron chi connectivity index (χ0n) is 13.5. The van der Waals surface area contributed by atoms with Crippen molar-refractivity contribution in [3.05, 3.63) is 46.5 Å². The summed E-state index contributed by atoms with van der Waals surface area (Å²) in [6, 6.07) is 8.24. The van der Waals surface area contributed by atoms with Crippen molar-refractivity contribution in [1.29, 1.82) is 0 Å². The normalized spacial score (nSPS) is 27.8. The number of aromatic nitrogens is 1. The Morgan fingerprint density at radius 1 is 1.00 bits per heavy atom. The summed E-state index contributed by atoms with van der Waals surface area (Å²) in [5, 5.41) is 21.9. The van der Waals surface area contributed by atoms with Gasteiger partial charge in [0.05, 0.1) is 6.04 Å². The molecule has 2 bridgehead atoms. The van der Waals surface area contributed by atoms with Crippen LogP contribution in [0.1, 0.15) is 72.2 Å². The molecule has 0 radical (unpaired) electrons. The summed E-state index contributed by atoms with van der Waals surface area (Å²) in [6.07, 6.45) is 5.22. The second-order valence-corrected chi connectivity index (χ2v) is 7.45. The summed E-state index contributed by atoms with van der Waals surface area (Å²) in [7, 11) is 0. The lowest BCUT2D eigenvalue weighted by Gasteiger charge is -2.34. The average molecular weight is 323 g/mol. The Morgan fingerprint density at radius 3 is 2.62 bits per heavy atom. The lowest BCUT2D eigenvalue weighted by molar-refractivity contribution is -0.123. The number of carbonyl (C=O) groups excluding carboxylic acids is 1. The first-order chi connectivity index (χ1) is 11.7. The second-order valence-electron chi connectivity index (χ2n) is 7.45. The van der Waals surface area contributed by atoms with Gasteiger partial charge in [0, 0.05) is 23.5 Å². The lowest BCUT2D eigenvalue weighted by atomic mass is 9.67. The van der Waals surface area contributed by atoms with E-state index < -0.39 is 0 Å². The first kappa shape index (κ1) is 14.1. The third-order valence-electron chi connectivity index (χ3n) is 6.27. The van der Waals surface area contributed by atoms with Crippen LogP contribution < -0.4 is 0 Å². The third-order valence-corrected chi connectivity index (χ3v) is 6.27. The Hall–Kier alpha value is -2.23. The summed E-state index contributed by atoms with van der Waals surface area (Å²) in [5.74, 6) is 0.369. The highest BCUT2D eigenvalue weighted by molar-refractivity contribution is 5.91. The Bertz CT molecular complexity index is 851. The molecular formula is C20H21NO3. The molecule has 4 aliphatic carbocycles. The van der Waals surface area contributed by atoms with Crippen LogP contribution in [0.5, 0.6) is 11.8 Å². The number of hydrogen-bond donors (Lipinski definition) is 2. The van der Waals surface area contributed by atoms with Crippen LogP contribution in [0.25, 0.3) is 0 Å². The molecule has 4 aliphatic rings. The van der Waals surface area contributed by atoms with Gasteiger partial charge in [0.1, 0.15) is 5.78 Å². The highest BCUT2D eigenvalue weighted by Crippen LogP contribution is 2.56. The third kappa shape index (κ3) is 1.71. The van der Waals surface area contributed by atoms with Gasteiger partial charge >= 0.3 is 0 Å². The summed E-state index contributed by atoms with van der Waals surface area (Å²) < 4.78 is 1.70. The Morgan fingerprint density at radius 2 is 1.79 bits per heavy atom. The molecule has 124 valence electrons. The fourth-order valence-corrected chi connectivity index (χ4v) is 5.21. The molecule has 3 atom stereocenters. The number of hydrogen-bond acceptors (Lipinski definition) is 3. The molecule has 1 aromatic heterocycles. The van der Waals surface area contributed by atoms with Gasteiger partial charge in [-0.25, -0.2) is 0 Å². The Labute approximate surface area is 140 Å². The summed E-state index contributed by atoms with van der Waals surface area (Å²) in [4.78, 5) is 12.3. The van der Waals surface area contributed by atoms with Gasteiger partial charge in [0.15, 0.2) is 11.8 Å². The van der Waals surface area contributed by atoms with Crippen molar-refractivity contribution in [3.8, 4) is 11.8 Å². The number of nitrogens with zero attached hydrogens (tertiary/aromatic N) is 1. The highest BCUT2D eigenvalue weighted by Gasteiger charge is 2.46. The van der Waals surface area contributed by atoms with Crippen LogP contribution in [-0.2, 0) is 11.2 Å². The van der Waals surface area contributed by atoms with Gasteiger partial charge in [-0.05, 0) is 49.1 Å². The largest absolute Gasteiger partial charge is 0.494 e. The molecule has 4 nitrogen and oxygen atoms in total. The molecule has 24 heavy (non-hydrogen) atoms. The highest BCUT2D eigenvalue weighted by atomic mass is 16.3. The molecular weight excluding hydrogens is 302 g/mol. The van der Waals surface area contributed by atoms with E-state index in [-0.39, 0.29) is 35.4 Å². The molecule has 0 amide bonds. The van der Waals surface area contributed by atoms with Crippen molar-refractivity contribution < 1.29 is 15.0 Å². The van der Waals surface area contributed by atoms with E-state index >= 15 is 0 Å². The van der Waals surface area contributed by atoms with E-state index in [1.807, 2.05) is 12.1 Å². The molecule has 0 spiro atoms. The molecule has 1 saturated carbocycles. The fraction of sp³-hybridized carbons (Fsp3) is 0.450. The maximum atomic E-state index is 12.3. The zero-order chi connectivity index (χ0) is 16.4. The standard InChI is InChI=1S/C20H21NO3/c22-16-10-12-8-9-14(16)18-17(12)19(23)21(20(18)24)15-7-3-5-11-4-1-2-6-13(11)15/h1-2,4,6,12,14-15,23-24H,3,5,7-10H2/t12-,14+,15?/m0/s1. The molecule has 2 aromatic rings. The minimum Gasteiger partial charge on any atom is -0.494 e. The molecule has 0 saturated heterocycles. The van der Waals surface area contributed by atoms with Gasteiger partial charge in [-0.15, -0.1) is 0 Å². The monoisotopic (exact) mass is 323 g/mol. The first-order valence-electron chi connectivity index (χ1n) is 8.93. The maximum absolute atomic E-state index is 12.3. The quantitative estimate of drug-likeness (QED) is 0.840. The predicted octanol–water partition coefficient (Wildman–Crippen LogP) is 3.76. The van der Waals surface area contributed by atoms with Crippen LogP contribution in [0.15, 0.2) is 24.3 Å². The van der Waals surface area contributed by atoms with Crippen molar-refractivity contribution in [2.45, 2.75) is 56.4 Å². The van der Waals surface area contributed by atoms with Crippen LogP contribution >= 0.6 is 0 Å². The van der Waals surface area contributed by atoms with Crippen LogP contribution in [0.2, 0.25) is 0 Å². The van der Waals surface area contributed by atoms with E-state index in [9.17, 15) is 15.0 Å². The van der Waals surface area contributed by atoms with Crippen LogP contribution in [0.3, 0.4) is 0 Å². The molecule has 4 heteroatoms. The zero-order valence-corrected chi connectivity index (χ0v) is 13.5. The van der Waals surface area contributed by atoms with Gasteiger partial charge in [-0.2, -0.15) is 0 Å². The van der Waals surface area contributed by atoms with E-state index in [1.54, 1.807) is 4.57 Å². The Kier molecular flexibility index (Phi) is 2.88. The molecule has 1 heterocycles. The van der Waals surface area contributed by atoms with E-state index in [4.69, 9.17) is 0 Å². The number of ketones is 1. The lowest BCUT2D eigenvalue weighted by Crippen LogP contribution is -2.28. The minimum absolute atomic E-state index is 0.0462. The summed E-state index contributed by atoms with van der Waals surface area (Å²) in [5.41, 5.74) is 4.02. The van der Waals surface area contributed by atoms with Crippen LogP contribution in [0.4, 0.5) is 0 Å². The SMILES string of the molecule is O=C1C[C@@H]2CC[C@H]1c1c2c(O)n(C2CCCc3ccccc32)c1O. The van der Waals surface area contributed by atoms with Gasteiger partial charge in [-0.3, -0.25) is 9.36 Å². The molecule has 1 aromatic carbocycles. The molecule has 6 rings (SSSR count). The number of fused-ring (bicyclic) bond motifs is 3. The van der Waals surface area contributed by atoms with E-state index in [0.29, 0.717) is 12.0 Å². The fourth-order valence-electron chi connectivity index (χ4n) is 5.21. The summed E-state index contributed by atoms with van der Waals surface area (Å²) in [6.45, 7) is 0. The smallest absolute Gasteiger partial charge is 0.198 e. The van der Waals surface area contributed by atoms with E-state index in [2.05, 4.69) is 12.1 Å². The van der Waals surface area contributed by atoms with Gasteiger partial charge in [0.2, 0.25) is 0 Å². The van der Waals surface area contributed by atoms with Crippen LogP contribution in [-0.4, -0.2) is 20.6 Å². The number of aromatic hydroxyl groups is 2. The second kappa shape index (κ2) is 4.88. The van der Waals surface area contributed by atoms with Crippen molar-refractivity contribution in [3.63, 3.8) is 0 Å². The van der Waals surface area contributed by atoms with Crippen molar-refractivity contribution in [1.82, 2.24) is 4.57 Å². The summed E-state index contributed by atoms with van der Waals surface area (Å²) >= 11 is 0. The molecule has 1 fully saturated rings. The van der Waals surface area contributed by atoms with Crippen molar-refractivity contribution in [2.24, 2.45) is 0 Å². The Balaban J connectivity index is 1.71. The van der Waals surface area contributed by atoms with Gasteiger partial charge in [0.25, 0.3) is 0 Å². The number of rotatable bonds is 1. The van der Waals surface area contributed by atoms with Crippen molar-refractivity contribution >= 4 is 5.78 Å². The maximum Gasteiger partial charge on any atom is 0.198 e. The van der Waals surface area contributed by atoms with Gasteiger partial charge < -0.3 is 10.2 Å². The number of Topliss-reactive ketones (excluding diaryl/α,β-unsaturated/α-hetero) is 1. The van der Waals surface area contributed by atoms with Gasteiger partial charge in [-0.1, -0.05) is 24.3 Å².